The van der Waals surface area contributed by atoms with E-state index in [1.807, 2.05) is 0 Å². The second kappa shape index (κ2) is 5.66. The molecule has 0 unspecified atom stereocenters. The maximum absolute atomic E-state index is 13.5. The van der Waals surface area contributed by atoms with Crippen LogP contribution in [0.5, 0.6) is 0 Å². The molecule has 1 aliphatic carbocycles. The smallest absolute Gasteiger partial charge is 0.235 e. The van der Waals surface area contributed by atoms with Crippen LogP contribution in [-0.2, 0) is 10.0 Å². The number of benzene rings is 1. The van der Waals surface area contributed by atoms with Crippen LogP contribution < -0.4 is 10.5 Å². The number of nitrogens with two attached hydrogens (primary N) is 1. The summed E-state index contributed by atoms with van der Waals surface area (Å²) in [7, 11) is -3.49. The SMILES string of the molecule is N/C(=N/O)c1cc(NS(=O)(=O)C2CCCC2)ccc1F. The topological polar surface area (TPSA) is 105 Å². The van der Waals surface area contributed by atoms with Gasteiger partial charge in [0, 0.05) is 5.69 Å². The number of sulfonamides is 1. The van der Waals surface area contributed by atoms with Gasteiger partial charge in [-0.25, -0.2) is 12.8 Å². The van der Waals surface area contributed by atoms with Crippen molar-refractivity contribution in [1.29, 1.82) is 0 Å². The molecule has 0 aliphatic heterocycles. The molecule has 4 N–H and O–H groups in total. The lowest BCUT2D eigenvalue weighted by Crippen LogP contribution is -2.25. The molecule has 0 saturated heterocycles. The Labute approximate surface area is 116 Å². The maximum Gasteiger partial charge on any atom is 0.235 e. The van der Waals surface area contributed by atoms with E-state index < -0.39 is 26.9 Å². The van der Waals surface area contributed by atoms with Crippen LogP contribution in [0.3, 0.4) is 0 Å². The van der Waals surface area contributed by atoms with E-state index in [1.54, 1.807) is 0 Å². The summed E-state index contributed by atoms with van der Waals surface area (Å²) >= 11 is 0. The first-order valence-corrected chi connectivity index (χ1v) is 7.78. The van der Waals surface area contributed by atoms with Crippen molar-refractivity contribution in [2.24, 2.45) is 10.9 Å². The van der Waals surface area contributed by atoms with Crippen molar-refractivity contribution in [3.05, 3.63) is 29.6 Å². The first-order chi connectivity index (χ1) is 9.44. The average molecular weight is 301 g/mol. The quantitative estimate of drug-likeness (QED) is 0.340. The summed E-state index contributed by atoms with van der Waals surface area (Å²) in [6.45, 7) is 0. The predicted octanol–water partition coefficient (Wildman–Crippen LogP) is 1.60. The molecule has 1 aromatic rings. The maximum atomic E-state index is 13.5. The Bertz CT molecular complexity index is 625. The Hall–Kier alpha value is -1.83. The lowest BCUT2D eigenvalue weighted by molar-refractivity contribution is 0.318. The number of rotatable bonds is 4. The molecule has 0 atom stereocenters. The number of halogens is 1. The summed E-state index contributed by atoms with van der Waals surface area (Å²) in [4.78, 5) is 0. The van der Waals surface area contributed by atoms with Crippen LogP contribution in [0.25, 0.3) is 0 Å². The zero-order valence-corrected chi connectivity index (χ0v) is 11.5. The van der Waals surface area contributed by atoms with Crippen molar-refractivity contribution >= 4 is 21.5 Å². The van der Waals surface area contributed by atoms with E-state index in [9.17, 15) is 12.8 Å². The van der Waals surface area contributed by atoms with Crippen LogP contribution in [0.2, 0.25) is 0 Å². The van der Waals surface area contributed by atoms with Crippen LogP contribution in [0.1, 0.15) is 31.2 Å². The molecule has 20 heavy (non-hydrogen) atoms. The number of hydrogen-bond donors (Lipinski definition) is 3. The fourth-order valence-corrected chi connectivity index (χ4v) is 3.86. The lowest BCUT2D eigenvalue weighted by Gasteiger charge is -2.14. The minimum absolute atomic E-state index is 0.154. The van der Waals surface area contributed by atoms with Crippen LogP contribution in [0, 0.1) is 5.82 Å². The summed E-state index contributed by atoms with van der Waals surface area (Å²) in [5.41, 5.74) is 5.37. The zero-order valence-electron chi connectivity index (χ0n) is 10.7. The van der Waals surface area contributed by atoms with E-state index >= 15 is 0 Å². The van der Waals surface area contributed by atoms with Crippen molar-refractivity contribution in [2.75, 3.05) is 4.72 Å². The lowest BCUT2D eigenvalue weighted by atomic mass is 10.2. The number of anilines is 1. The Morgan fingerprint density at radius 3 is 2.65 bits per heavy atom. The normalized spacial score (nSPS) is 17.4. The number of oxime groups is 1. The van der Waals surface area contributed by atoms with Gasteiger partial charge in [0.05, 0.1) is 10.8 Å². The fraction of sp³-hybridized carbons (Fsp3) is 0.417. The summed E-state index contributed by atoms with van der Waals surface area (Å²) in [6, 6.07) is 3.58. The Morgan fingerprint density at radius 2 is 2.05 bits per heavy atom. The molecule has 8 heteroatoms. The first-order valence-electron chi connectivity index (χ1n) is 6.23. The zero-order chi connectivity index (χ0) is 14.8. The third-order valence-electron chi connectivity index (χ3n) is 3.35. The molecule has 2 rings (SSSR count). The van der Waals surface area contributed by atoms with Gasteiger partial charge in [0.25, 0.3) is 0 Å². The highest BCUT2D eigenvalue weighted by molar-refractivity contribution is 7.93. The molecule has 0 radical (unpaired) electrons. The minimum Gasteiger partial charge on any atom is -0.409 e. The molecule has 0 bridgehead atoms. The van der Waals surface area contributed by atoms with Gasteiger partial charge >= 0.3 is 0 Å². The van der Waals surface area contributed by atoms with Gasteiger partial charge in [0.15, 0.2) is 5.84 Å². The van der Waals surface area contributed by atoms with Gasteiger partial charge in [0.1, 0.15) is 5.82 Å². The largest absolute Gasteiger partial charge is 0.409 e. The van der Waals surface area contributed by atoms with Crippen molar-refractivity contribution in [2.45, 2.75) is 30.9 Å². The Morgan fingerprint density at radius 1 is 1.40 bits per heavy atom. The molecule has 1 fully saturated rings. The molecular formula is C12H16FN3O3S. The molecule has 1 saturated carbocycles. The van der Waals surface area contributed by atoms with Crippen LogP contribution >= 0.6 is 0 Å². The van der Waals surface area contributed by atoms with E-state index in [2.05, 4.69) is 9.88 Å². The van der Waals surface area contributed by atoms with Gasteiger partial charge in [-0.05, 0) is 31.0 Å². The molecular weight excluding hydrogens is 285 g/mol. The third-order valence-corrected chi connectivity index (χ3v) is 5.22. The number of amidine groups is 1. The van der Waals surface area contributed by atoms with Gasteiger partial charge in [-0.1, -0.05) is 18.0 Å². The summed E-state index contributed by atoms with van der Waals surface area (Å²) in [6.07, 6.45) is 3.04. The molecule has 1 aliphatic rings. The minimum atomic E-state index is -3.49. The fourth-order valence-electron chi connectivity index (χ4n) is 2.29. The van der Waals surface area contributed by atoms with Gasteiger partial charge in [-0.3, -0.25) is 4.72 Å². The molecule has 0 aromatic heterocycles. The van der Waals surface area contributed by atoms with Gasteiger partial charge < -0.3 is 10.9 Å². The second-order valence-electron chi connectivity index (χ2n) is 4.73. The standard InChI is InChI=1S/C12H16FN3O3S/c13-11-6-5-8(7-10(11)12(14)15-17)16-20(18,19)9-3-1-2-4-9/h5-7,9,16-17H,1-4H2,(H2,14,15). The van der Waals surface area contributed by atoms with Crippen molar-refractivity contribution in [3.8, 4) is 0 Å². The van der Waals surface area contributed by atoms with Crippen molar-refractivity contribution in [3.63, 3.8) is 0 Å². The molecule has 6 nitrogen and oxygen atoms in total. The van der Waals surface area contributed by atoms with E-state index in [0.717, 1.165) is 18.9 Å². The van der Waals surface area contributed by atoms with Gasteiger partial charge in [0.2, 0.25) is 10.0 Å². The summed E-state index contributed by atoms with van der Waals surface area (Å²) < 4.78 is 40.2. The van der Waals surface area contributed by atoms with E-state index in [1.165, 1.54) is 12.1 Å². The second-order valence-corrected chi connectivity index (χ2v) is 6.69. The van der Waals surface area contributed by atoms with E-state index in [0.29, 0.717) is 12.8 Å². The molecule has 0 spiro atoms. The van der Waals surface area contributed by atoms with Crippen molar-refractivity contribution < 1.29 is 18.0 Å². The molecule has 0 amide bonds. The van der Waals surface area contributed by atoms with Crippen LogP contribution in [-0.4, -0.2) is 24.7 Å². The Balaban J connectivity index is 2.26. The summed E-state index contributed by atoms with van der Waals surface area (Å²) in [5.74, 6) is -1.10. The van der Waals surface area contributed by atoms with Crippen molar-refractivity contribution in [1.82, 2.24) is 0 Å². The van der Waals surface area contributed by atoms with Crippen LogP contribution in [0.15, 0.2) is 23.4 Å². The average Bonchev–Trinajstić information content (AvgIpc) is 2.94. The van der Waals surface area contributed by atoms with E-state index in [-0.39, 0.29) is 11.3 Å². The monoisotopic (exact) mass is 301 g/mol. The number of nitrogens with zero attached hydrogens (tertiary/aromatic N) is 1. The van der Waals surface area contributed by atoms with Gasteiger partial charge in [-0.15, -0.1) is 0 Å². The van der Waals surface area contributed by atoms with E-state index in [4.69, 9.17) is 10.9 Å². The highest BCUT2D eigenvalue weighted by Crippen LogP contribution is 2.26. The summed E-state index contributed by atoms with van der Waals surface area (Å²) in [5, 5.41) is 10.9. The van der Waals surface area contributed by atoms with Gasteiger partial charge in [-0.2, -0.15) is 0 Å². The Kier molecular flexibility index (Phi) is 4.12. The third kappa shape index (κ3) is 3.01. The number of hydrogen-bond acceptors (Lipinski definition) is 4. The van der Waals surface area contributed by atoms with Crippen LogP contribution in [0.4, 0.5) is 10.1 Å². The highest BCUT2D eigenvalue weighted by Gasteiger charge is 2.28. The molecule has 1 aromatic carbocycles. The number of nitrogens with one attached hydrogen (secondary N) is 1. The molecule has 110 valence electrons. The molecule has 0 heterocycles. The first kappa shape index (κ1) is 14.6. The predicted molar refractivity (Wildman–Crippen MR) is 73.7 cm³/mol. The highest BCUT2D eigenvalue weighted by atomic mass is 32.2.